The van der Waals surface area contributed by atoms with E-state index in [4.69, 9.17) is 5.73 Å². The number of aromatic nitrogens is 2. The van der Waals surface area contributed by atoms with E-state index in [0.29, 0.717) is 12.2 Å². The lowest BCUT2D eigenvalue weighted by Crippen LogP contribution is -2.24. The van der Waals surface area contributed by atoms with Crippen LogP contribution in [0.1, 0.15) is 40.7 Å². The van der Waals surface area contributed by atoms with Crippen molar-refractivity contribution in [2.75, 3.05) is 5.73 Å². The van der Waals surface area contributed by atoms with Gasteiger partial charge in [-0.15, -0.1) is 0 Å². The van der Waals surface area contributed by atoms with Gasteiger partial charge in [-0.05, 0) is 24.5 Å². The molecule has 5 nitrogen and oxygen atoms in total. The third-order valence-electron chi connectivity index (χ3n) is 3.30. The first-order chi connectivity index (χ1) is 9.63. The normalized spacial score (nSPS) is 10.5. The van der Waals surface area contributed by atoms with E-state index in [1.807, 2.05) is 31.2 Å². The van der Waals surface area contributed by atoms with Gasteiger partial charge in [-0.2, -0.15) is 5.10 Å². The van der Waals surface area contributed by atoms with Crippen molar-refractivity contribution in [3.8, 4) is 0 Å². The van der Waals surface area contributed by atoms with Crippen molar-refractivity contribution < 1.29 is 4.79 Å². The van der Waals surface area contributed by atoms with Crippen LogP contribution in [0, 0.1) is 6.92 Å². The Labute approximate surface area is 118 Å². The van der Waals surface area contributed by atoms with Gasteiger partial charge in [0.2, 0.25) is 0 Å². The van der Waals surface area contributed by atoms with Crippen molar-refractivity contribution in [3.05, 3.63) is 46.8 Å². The van der Waals surface area contributed by atoms with Gasteiger partial charge >= 0.3 is 0 Å². The molecule has 1 aromatic carbocycles. The molecule has 20 heavy (non-hydrogen) atoms. The number of hydrogen-bond donors (Lipinski definition) is 3. The van der Waals surface area contributed by atoms with Gasteiger partial charge in [-0.25, -0.2) is 0 Å². The van der Waals surface area contributed by atoms with Crippen LogP contribution in [0.5, 0.6) is 0 Å². The lowest BCUT2D eigenvalue weighted by atomic mass is 10.1. The Kier molecular flexibility index (Phi) is 4.40. The molecular formula is C15H20N4O. The van der Waals surface area contributed by atoms with Crippen molar-refractivity contribution in [2.24, 2.45) is 0 Å². The van der Waals surface area contributed by atoms with E-state index in [1.54, 1.807) is 0 Å². The molecule has 0 atom stereocenters. The van der Waals surface area contributed by atoms with Crippen molar-refractivity contribution in [1.29, 1.82) is 0 Å². The topological polar surface area (TPSA) is 83.8 Å². The van der Waals surface area contributed by atoms with Crippen LogP contribution >= 0.6 is 0 Å². The van der Waals surface area contributed by atoms with Gasteiger partial charge in [0, 0.05) is 6.54 Å². The molecule has 0 radical (unpaired) electrons. The van der Waals surface area contributed by atoms with Crippen LogP contribution in [-0.2, 0) is 13.0 Å². The molecule has 0 aliphatic rings. The molecule has 0 saturated carbocycles. The van der Waals surface area contributed by atoms with E-state index in [2.05, 4.69) is 22.4 Å². The largest absolute Gasteiger partial charge is 0.395 e. The number of benzene rings is 1. The Hall–Kier alpha value is -2.30. The molecule has 106 valence electrons. The zero-order chi connectivity index (χ0) is 14.5. The molecule has 1 aromatic heterocycles. The first-order valence-corrected chi connectivity index (χ1v) is 6.79. The molecule has 0 aliphatic heterocycles. The van der Waals surface area contributed by atoms with Crippen LogP contribution in [0.4, 0.5) is 5.69 Å². The number of nitrogens with zero attached hydrogens (tertiary/aromatic N) is 1. The molecule has 1 heterocycles. The van der Waals surface area contributed by atoms with Crippen LogP contribution in [0.3, 0.4) is 0 Å². The fraction of sp³-hybridized carbons (Fsp3) is 0.333. The SMILES string of the molecule is CCCc1[nH]nc(C(=O)NCc2ccccc2C)c1N. The number of carbonyl (C=O) groups is 1. The zero-order valence-corrected chi connectivity index (χ0v) is 11.9. The molecule has 2 rings (SSSR count). The molecule has 4 N–H and O–H groups in total. The van der Waals surface area contributed by atoms with Crippen molar-refractivity contribution in [1.82, 2.24) is 15.5 Å². The summed E-state index contributed by atoms with van der Waals surface area (Å²) in [5.41, 5.74) is 9.73. The van der Waals surface area contributed by atoms with Gasteiger partial charge in [0.15, 0.2) is 5.69 Å². The minimum Gasteiger partial charge on any atom is -0.395 e. The number of nitrogens with one attached hydrogen (secondary N) is 2. The summed E-state index contributed by atoms with van der Waals surface area (Å²) in [7, 11) is 0. The minimum absolute atomic E-state index is 0.246. The summed E-state index contributed by atoms with van der Waals surface area (Å²) in [5, 5.41) is 9.69. The average Bonchev–Trinajstić information content (AvgIpc) is 2.80. The highest BCUT2D eigenvalue weighted by Gasteiger charge is 2.16. The maximum Gasteiger partial charge on any atom is 0.274 e. The number of nitrogens with two attached hydrogens (primary N) is 1. The molecule has 0 fully saturated rings. The lowest BCUT2D eigenvalue weighted by molar-refractivity contribution is 0.0946. The predicted octanol–water partition coefficient (Wildman–Crippen LogP) is 2.18. The Bertz CT molecular complexity index is 604. The van der Waals surface area contributed by atoms with E-state index in [9.17, 15) is 4.79 Å². The Balaban J connectivity index is 2.04. The Morgan fingerprint density at radius 2 is 2.15 bits per heavy atom. The summed E-state index contributed by atoms with van der Waals surface area (Å²) in [6, 6.07) is 7.94. The summed E-state index contributed by atoms with van der Waals surface area (Å²) in [4.78, 5) is 12.1. The number of anilines is 1. The van der Waals surface area contributed by atoms with Crippen molar-refractivity contribution >= 4 is 11.6 Å². The van der Waals surface area contributed by atoms with E-state index < -0.39 is 0 Å². The molecule has 0 bridgehead atoms. The highest BCUT2D eigenvalue weighted by Crippen LogP contribution is 2.15. The number of aromatic amines is 1. The Morgan fingerprint density at radius 3 is 2.85 bits per heavy atom. The number of nitrogen functional groups attached to an aromatic ring is 1. The Morgan fingerprint density at radius 1 is 1.40 bits per heavy atom. The summed E-state index contributed by atoms with van der Waals surface area (Å²) in [6.45, 7) is 4.54. The van der Waals surface area contributed by atoms with Gasteiger partial charge in [-0.3, -0.25) is 9.89 Å². The maximum absolute atomic E-state index is 12.1. The van der Waals surface area contributed by atoms with Gasteiger partial charge < -0.3 is 11.1 Å². The first-order valence-electron chi connectivity index (χ1n) is 6.79. The number of hydrogen-bond acceptors (Lipinski definition) is 3. The van der Waals surface area contributed by atoms with E-state index in [1.165, 1.54) is 0 Å². The second kappa shape index (κ2) is 6.23. The predicted molar refractivity (Wildman–Crippen MR) is 79.3 cm³/mol. The third-order valence-corrected chi connectivity index (χ3v) is 3.30. The fourth-order valence-electron chi connectivity index (χ4n) is 2.07. The molecule has 2 aromatic rings. The standard InChI is InChI=1S/C15H20N4O/c1-3-6-12-13(16)14(19-18-12)15(20)17-9-11-8-5-4-7-10(11)2/h4-5,7-8H,3,6,9,16H2,1-2H3,(H,17,20)(H,18,19). The van der Waals surface area contributed by atoms with E-state index in [0.717, 1.165) is 29.7 Å². The third kappa shape index (κ3) is 2.99. The number of amides is 1. The molecule has 0 unspecified atom stereocenters. The lowest BCUT2D eigenvalue weighted by Gasteiger charge is -2.07. The molecule has 5 heteroatoms. The summed E-state index contributed by atoms with van der Waals surface area (Å²) >= 11 is 0. The van der Waals surface area contributed by atoms with Crippen LogP contribution in [-0.4, -0.2) is 16.1 Å². The van der Waals surface area contributed by atoms with Gasteiger partial charge in [0.05, 0.1) is 11.4 Å². The van der Waals surface area contributed by atoms with Crippen molar-refractivity contribution in [2.45, 2.75) is 33.2 Å². The van der Waals surface area contributed by atoms with Crippen molar-refractivity contribution in [3.63, 3.8) is 0 Å². The second-order valence-corrected chi connectivity index (χ2v) is 4.82. The zero-order valence-electron chi connectivity index (χ0n) is 11.9. The first kappa shape index (κ1) is 14.1. The smallest absolute Gasteiger partial charge is 0.274 e. The number of carbonyl (C=O) groups excluding carboxylic acids is 1. The van der Waals surface area contributed by atoms with E-state index >= 15 is 0 Å². The van der Waals surface area contributed by atoms with Gasteiger partial charge in [0.25, 0.3) is 5.91 Å². The summed E-state index contributed by atoms with van der Waals surface area (Å²) in [5.74, 6) is -0.246. The number of aryl methyl sites for hydroxylation is 2. The summed E-state index contributed by atoms with van der Waals surface area (Å²) < 4.78 is 0. The number of H-pyrrole nitrogens is 1. The second-order valence-electron chi connectivity index (χ2n) is 4.82. The molecule has 0 spiro atoms. The maximum atomic E-state index is 12.1. The number of rotatable bonds is 5. The molecule has 0 aliphatic carbocycles. The quantitative estimate of drug-likeness (QED) is 0.780. The van der Waals surface area contributed by atoms with Gasteiger partial charge in [-0.1, -0.05) is 37.6 Å². The van der Waals surface area contributed by atoms with Gasteiger partial charge in [0.1, 0.15) is 0 Å². The molecular weight excluding hydrogens is 252 g/mol. The van der Waals surface area contributed by atoms with Crippen LogP contribution in [0.25, 0.3) is 0 Å². The molecule has 0 saturated heterocycles. The minimum atomic E-state index is -0.246. The highest BCUT2D eigenvalue weighted by molar-refractivity contribution is 5.97. The van der Waals surface area contributed by atoms with Crippen LogP contribution in [0.2, 0.25) is 0 Å². The van der Waals surface area contributed by atoms with Crippen LogP contribution in [0.15, 0.2) is 24.3 Å². The highest BCUT2D eigenvalue weighted by atomic mass is 16.1. The summed E-state index contributed by atoms with van der Waals surface area (Å²) in [6.07, 6.45) is 1.75. The monoisotopic (exact) mass is 272 g/mol. The fourth-order valence-corrected chi connectivity index (χ4v) is 2.07. The van der Waals surface area contributed by atoms with Crippen LogP contribution < -0.4 is 11.1 Å². The van der Waals surface area contributed by atoms with E-state index in [-0.39, 0.29) is 11.6 Å². The molecule has 1 amide bonds. The average molecular weight is 272 g/mol.